The minimum Gasteiger partial charge on any atom is -0.337 e. The smallest absolute Gasteiger partial charge is 0.274 e. The van der Waals surface area contributed by atoms with Crippen molar-refractivity contribution in [2.75, 3.05) is 18.4 Å². The predicted octanol–water partition coefficient (Wildman–Crippen LogP) is 1.85. The topological polar surface area (TPSA) is 80.1 Å². The first-order chi connectivity index (χ1) is 11.7. The Morgan fingerprint density at radius 1 is 1.12 bits per heavy atom. The summed E-state index contributed by atoms with van der Waals surface area (Å²) in [4.78, 5) is 34.4. The van der Waals surface area contributed by atoms with Gasteiger partial charge < -0.3 is 10.2 Å². The summed E-state index contributed by atoms with van der Waals surface area (Å²) in [6, 6.07) is 3.61. The lowest BCUT2D eigenvalue weighted by molar-refractivity contribution is -0.117. The number of nitrogens with zero attached hydrogens (tertiary/aromatic N) is 4. The number of likely N-dealkylation sites (tertiary alicyclic amines) is 1. The molecule has 0 spiro atoms. The van der Waals surface area contributed by atoms with Crippen molar-refractivity contribution in [1.82, 2.24) is 19.4 Å². The van der Waals surface area contributed by atoms with Crippen LogP contribution in [-0.4, -0.2) is 44.3 Å². The fourth-order valence-corrected chi connectivity index (χ4v) is 2.84. The summed E-state index contributed by atoms with van der Waals surface area (Å²) in [7, 11) is 0. The van der Waals surface area contributed by atoms with Crippen LogP contribution in [-0.2, 0) is 4.79 Å². The summed E-state index contributed by atoms with van der Waals surface area (Å²) in [6.45, 7) is 1.61. The Labute approximate surface area is 139 Å². The molecule has 2 fully saturated rings. The lowest BCUT2D eigenvalue weighted by atomic mass is 10.3. The van der Waals surface area contributed by atoms with E-state index in [9.17, 15) is 9.59 Å². The number of rotatable bonds is 4. The van der Waals surface area contributed by atoms with Crippen molar-refractivity contribution in [3.05, 3.63) is 36.5 Å². The van der Waals surface area contributed by atoms with Crippen LogP contribution in [0.15, 0.2) is 30.9 Å². The summed E-state index contributed by atoms with van der Waals surface area (Å²) in [5, 5.41) is 2.86. The number of anilines is 1. The van der Waals surface area contributed by atoms with Crippen LogP contribution in [0.5, 0.6) is 0 Å². The summed E-state index contributed by atoms with van der Waals surface area (Å²) in [6.07, 6.45) is 8.97. The molecule has 2 aromatic rings. The molecule has 0 atom stereocenters. The van der Waals surface area contributed by atoms with Crippen LogP contribution in [0.1, 0.15) is 36.2 Å². The SMILES string of the molecule is O=C(Nc1ccc(-n2cnc(C(=O)N3CCCC3)c2)nc1)C1CC1. The highest BCUT2D eigenvalue weighted by atomic mass is 16.2. The van der Waals surface area contributed by atoms with Gasteiger partial charge in [0.05, 0.1) is 11.9 Å². The molecule has 7 heteroatoms. The number of hydrogen-bond donors (Lipinski definition) is 1. The predicted molar refractivity (Wildman–Crippen MR) is 87.9 cm³/mol. The molecule has 1 saturated heterocycles. The van der Waals surface area contributed by atoms with Gasteiger partial charge in [0.2, 0.25) is 5.91 Å². The summed E-state index contributed by atoms with van der Waals surface area (Å²) < 4.78 is 1.72. The van der Waals surface area contributed by atoms with Crippen molar-refractivity contribution < 1.29 is 9.59 Å². The summed E-state index contributed by atoms with van der Waals surface area (Å²) in [5.41, 5.74) is 1.12. The lowest BCUT2D eigenvalue weighted by Gasteiger charge is -2.12. The van der Waals surface area contributed by atoms with E-state index in [4.69, 9.17) is 0 Å². The molecule has 0 unspecified atom stereocenters. The minimum atomic E-state index is -0.0282. The number of carbonyl (C=O) groups excluding carboxylic acids is 2. The second-order valence-electron chi connectivity index (χ2n) is 6.33. The van der Waals surface area contributed by atoms with E-state index in [-0.39, 0.29) is 17.7 Å². The van der Waals surface area contributed by atoms with Crippen molar-refractivity contribution in [2.45, 2.75) is 25.7 Å². The zero-order chi connectivity index (χ0) is 16.5. The van der Waals surface area contributed by atoms with Gasteiger partial charge in [-0.25, -0.2) is 9.97 Å². The van der Waals surface area contributed by atoms with Crippen molar-refractivity contribution in [1.29, 1.82) is 0 Å². The zero-order valence-corrected chi connectivity index (χ0v) is 13.3. The molecule has 2 aliphatic rings. The van der Waals surface area contributed by atoms with Crippen molar-refractivity contribution in [3.63, 3.8) is 0 Å². The fraction of sp³-hybridized carbons (Fsp3) is 0.412. The molecule has 2 amide bonds. The number of amides is 2. The van der Waals surface area contributed by atoms with Crippen LogP contribution in [0.3, 0.4) is 0 Å². The van der Waals surface area contributed by atoms with E-state index in [0.29, 0.717) is 17.2 Å². The van der Waals surface area contributed by atoms with Gasteiger partial charge in [-0.2, -0.15) is 0 Å². The molecule has 0 radical (unpaired) electrons. The van der Waals surface area contributed by atoms with E-state index in [1.54, 1.807) is 29.4 Å². The van der Waals surface area contributed by atoms with Crippen LogP contribution < -0.4 is 5.32 Å². The maximum absolute atomic E-state index is 12.3. The molecule has 1 aliphatic carbocycles. The van der Waals surface area contributed by atoms with Gasteiger partial charge in [-0.15, -0.1) is 0 Å². The summed E-state index contributed by atoms with van der Waals surface area (Å²) >= 11 is 0. The van der Waals surface area contributed by atoms with Crippen LogP contribution >= 0.6 is 0 Å². The Balaban J connectivity index is 1.45. The van der Waals surface area contributed by atoms with Gasteiger partial charge in [0.15, 0.2) is 0 Å². The van der Waals surface area contributed by atoms with Gasteiger partial charge in [-0.1, -0.05) is 0 Å². The maximum atomic E-state index is 12.3. The highest BCUT2D eigenvalue weighted by Gasteiger charge is 2.29. The second-order valence-corrected chi connectivity index (χ2v) is 6.33. The Hall–Kier alpha value is -2.70. The molecule has 1 saturated carbocycles. The van der Waals surface area contributed by atoms with E-state index >= 15 is 0 Å². The highest BCUT2D eigenvalue weighted by molar-refractivity contribution is 5.94. The molecule has 4 rings (SSSR count). The largest absolute Gasteiger partial charge is 0.337 e. The summed E-state index contributed by atoms with van der Waals surface area (Å²) in [5.74, 6) is 0.857. The van der Waals surface area contributed by atoms with Crippen LogP contribution in [0.4, 0.5) is 5.69 Å². The van der Waals surface area contributed by atoms with Gasteiger partial charge in [-0.05, 0) is 37.8 Å². The molecule has 124 valence electrons. The molecular weight excluding hydrogens is 306 g/mol. The third-order valence-electron chi connectivity index (χ3n) is 4.42. The van der Waals surface area contributed by atoms with Crippen LogP contribution in [0.2, 0.25) is 0 Å². The third-order valence-corrected chi connectivity index (χ3v) is 4.42. The standard InChI is InChI=1S/C17H19N5O2/c23-16(12-3-4-12)20-13-5-6-15(18-9-13)22-10-14(19-11-22)17(24)21-7-1-2-8-21/h5-6,9-12H,1-4,7-8H2,(H,20,23). The van der Waals surface area contributed by atoms with E-state index < -0.39 is 0 Å². The number of hydrogen-bond acceptors (Lipinski definition) is 4. The molecule has 1 aliphatic heterocycles. The van der Waals surface area contributed by atoms with Gasteiger partial charge in [-0.3, -0.25) is 14.2 Å². The Bertz CT molecular complexity index is 758. The first-order valence-electron chi connectivity index (χ1n) is 8.31. The molecular formula is C17H19N5O2. The van der Waals surface area contributed by atoms with Gasteiger partial charge in [0, 0.05) is 25.2 Å². The Morgan fingerprint density at radius 2 is 1.92 bits per heavy atom. The van der Waals surface area contributed by atoms with Gasteiger partial charge in [0.25, 0.3) is 5.91 Å². The molecule has 3 heterocycles. The maximum Gasteiger partial charge on any atom is 0.274 e. The average molecular weight is 325 g/mol. The molecule has 7 nitrogen and oxygen atoms in total. The number of carbonyl (C=O) groups is 2. The number of imidazole rings is 1. The van der Waals surface area contributed by atoms with Gasteiger partial charge >= 0.3 is 0 Å². The van der Waals surface area contributed by atoms with Crippen LogP contribution in [0.25, 0.3) is 5.82 Å². The number of nitrogens with one attached hydrogen (secondary N) is 1. The van der Waals surface area contributed by atoms with Crippen LogP contribution in [0, 0.1) is 5.92 Å². The first kappa shape index (κ1) is 14.9. The third kappa shape index (κ3) is 3.02. The average Bonchev–Trinajstić information content (AvgIpc) is 3.11. The lowest BCUT2D eigenvalue weighted by Crippen LogP contribution is -2.27. The first-order valence-corrected chi connectivity index (χ1v) is 8.31. The molecule has 1 N–H and O–H groups in total. The second kappa shape index (κ2) is 6.07. The molecule has 0 bridgehead atoms. The van der Waals surface area contributed by atoms with Crippen molar-refractivity contribution in [2.24, 2.45) is 5.92 Å². The minimum absolute atomic E-state index is 0.0282. The molecule has 0 aromatic carbocycles. The highest BCUT2D eigenvalue weighted by Crippen LogP contribution is 2.30. The Kier molecular flexibility index (Phi) is 3.76. The number of aromatic nitrogens is 3. The van der Waals surface area contributed by atoms with Crippen molar-refractivity contribution in [3.8, 4) is 5.82 Å². The molecule has 24 heavy (non-hydrogen) atoms. The van der Waals surface area contributed by atoms with E-state index in [2.05, 4.69) is 15.3 Å². The van der Waals surface area contributed by atoms with E-state index in [0.717, 1.165) is 38.8 Å². The molecule has 2 aromatic heterocycles. The van der Waals surface area contributed by atoms with Gasteiger partial charge in [0.1, 0.15) is 17.8 Å². The Morgan fingerprint density at radius 3 is 2.58 bits per heavy atom. The normalized spacial score (nSPS) is 17.1. The van der Waals surface area contributed by atoms with Crippen molar-refractivity contribution >= 4 is 17.5 Å². The monoisotopic (exact) mass is 325 g/mol. The quantitative estimate of drug-likeness (QED) is 0.930. The zero-order valence-electron chi connectivity index (χ0n) is 13.3. The van der Waals surface area contributed by atoms with E-state index in [1.807, 2.05) is 11.0 Å². The van der Waals surface area contributed by atoms with E-state index in [1.165, 1.54) is 0 Å². The number of pyridine rings is 1. The fourth-order valence-electron chi connectivity index (χ4n) is 2.84.